The van der Waals surface area contributed by atoms with Gasteiger partial charge in [-0.25, -0.2) is 0 Å². The molecule has 3 rings (SSSR count). The van der Waals surface area contributed by atoms with Crippen LogP contribution in [0.15, 0.2) is 34.8 Å². The van der Waals surface area contributed by atoms with Crippen LogP contribution in [0.4, 0.5) is 0 Å². The van der Waals surface area contributed by atoms with Gasteiger partial charge in [0, 0.05) is 10.0 Å². The van der Waals surface area contributed by atoms with Gasteiger partial charge in [-0.2, -0.15) is 0 Å². The maximum atomic E-state index is 6.08. The number of halogens is 3. The molecule has 1 heterocycles. The monoisotopic (exact) mass is 374 g/mol. The standard InChI is InChI=1S/C14H9BrCl2O3/c15-9-5-13-12(19-7-20-13)4-8(9)6-18-11-3-1-2-10(16)14(11)17/h1-5H,6-7H2. The number of hydrogen-bond donors (Lipinski definition) is 0. The van der Waals surface area contributed by atoms with Crippen LogP contribution in [0.2, 0.25) is 10.0 Å². The van der Waals surface area contributed by atoms with Crippen LogP contribution in [0.5, 0.6) is 17.2 Å². The number of rotatable bonds is 3. The highest BCUT2D eigenvalue weighted by atomic mass is 79.9. The molecule has 0 bridgehead atoms. The fourth-order valence-electron chi connectivity index (χ4n) is 1.82. The Balaban J connectivity index is 1.80. The quantitative estimate of drug-likeness (QED) is 0.750. The number of fused-ring (bicyclic) bond motifs is 1. The first-order valence-corrected chi connectivity index (χ1v) is 7.35. The summed E-state index contributed by atoms with van der Waals surface area (Å²) in [6.45, 7) is 0.587. The first kappa shape index (κ1) is 13.9. The van der Waals surface area contributed by atoms with Crippen molar-refractivity contribution in [3.63, 3.8) is 0 Å². The van der Waals surface area contributed by atoms with Crippen LogP contribution in [0, 0.1) is 0 Å². The van der Waals surface area contributed by atoms with Crippen LogP contribution < -0.4 is 14.2 Å². The van der Waals surface area contributed by atoms with E-state index in [2.05, 4.69) is 15.9 Å². The number of ether oxygens (including phenoxy) is 3. The topological polar surface area (TPSA) is 27.7 Å². The lowest BCUT2D eigenvalue weighted by Gasteiger charge is -2.10. The largest absolute Gasteiger partial charge is 0.487 e. The average molecular weight is 376 g/mol. The van der Waals surface area contributed by atoms with Crippen LogP contribution in [-0.4, -0.2) is 6.79 Å². The van der Waals surface area contributed by atoms with Gasteiger partial charge >= 0.3 is 0 Å². The smallest absolute Gasteiger partial charge is 0.231 e. The molecule has 0 aliphatic carbocycles. The van der Waals surface area contributed by atoms with Gasteiger partial charge in [0.2, 0.25) is 6.79 Å². The van der Waals surface area contributed by atoms with E-state index < -0.39 is 0 Å². The lowest BCUT2D eigenvalue weighted by atomic mass is 10.2. The molecule has 2 aromatic rings. The van der Waals surface area contributed by atoms with Gasteiger partial charge in [-0.05, 0) is 24.3 Å². The summed E-state index contributed by atoms with van der Waals surface area (Å²) < 4.78 is 17.2. The molecule has 1 aliphatic heterocycles. The Bertz CT molecular complexity index is 661. The molecule has 0 saturated carbocycles. The first-order chi connectivity index (χ1) is 9.65. The molecule has 0 N–H and O–H groups in total. The van der Waals surface area contributed by atoms with Crippen molar-refractivity contribution in [1.82, 2.24) is 0 Å². The second-order valence-electron chi connectivity index (χ2n) is 4.14. The molecule has 1 aliphatic rings. The minimum absolute atomic E-state index is 0.242. The molecule has 0 aromatic heterocycles. The van der Waals surface area contributed by atoms with Crippen molar-refractivity contribution in [2.75, 3.05) is 6.79 Å². The van der Waals surface area contributed by atoms with Crippen molar-refractivity contribution in [1.29, 1.82) is 0 Å². The average Bonchev–Trinajstić information content (AvgIpc) is 2.87. The van der Waals surface area contributed by atoms with Crippen LogP contribution in [0.1, 0.15) is 5.56 Å². The Hall–Kier alpha value is -1.10. The third-order valence-electron chi connectivity index (χ3n) is 2.84. The van der Waals surface area contributed by atoms with Crippen molar-refractivity contribution in [3.8, 4) is 17.2 Å². The molecule has 104 valence electrons. The van der Waals surface area contributed by atoms with Crippen molar-refractivity contribution in [3.05, 3.63) is 50.4 Å². The highest BCUT2D eigenvalue weighted by Crippen LogP contribution is 2.38. The highest BCUT2D eigenvalue weighted by Gasteiger charge is 2.17. The van der Waals surface area contributed by atoms with Crippen LogP contribution in [-0.2, 0) is 6.61 Å². The summed E-state index contributed by atoms with van der Waals surface area (Å²) in [5.41, 5.74) is 0.935. The lowest BCUT2D eigenvalue weighted by molar-refractivity contribution is 0.174. The fraction of sp³-hybridized carbons (Fsp3) is 0.143. The van der Waals surface area contributed by atoms with E-state index in [-0.39, 0.29) is 6.79 Å². The highest BCUT2D eigenvalue weighted by molar-refractivity contribution is 9.10. The zero-order valence-corrected chi connectivity index (χ0v) is 13.3. The molecule has 0 spiro atoms. The summed E-state index contributed by atoms with van der Waals surface area (Å²) in [5.74, 6) is 1.98. The lowest BCUT2D eigenvalue weighted by Crippen LogP contribution is -1.97. The number of hydrogen-bond acceptors (Lipinski definition) is 3. The Labute approximate surface area is 134 Å². The van der Waals surface area contributed by atoms with E-state index in [9.17, 15) is 0 Å². The second kappa shape index (κ2) is 5.72. The normalized spacial score (nSPS) is 12.6. The van der Waals surface area contributed by atoms with Crippen molar-refractivity contribution in [2.24, 2.45) is 0 Å². The van der Waals surface area contributed by atoms with E-state index in [0.29, 0.717) is 28.2 Å². The van der Waals surface area contributed by atoms with Gasteiger partial charge in [0.15, 0.2) is 11.5 Å². The van der Waals surface area contributed by atoms with Gasteiger partial charge in [-0.1, -0.05) is 45.2 Å². The van der Waals surface area contributed by atoms with Crippen molar-refractivity contribution in [2.45, 2.75) is 6.61 Å². The van der Waals surface area contributed by atoms with Gasteiger partial charge in [0.25, 0.3) is 0 Å². The summed E-state index contributed by atoms with van der Waals surface area (Å²) in [7, 11) is 0. The van der Waals surface area contributed by atoms with E-state index in [1.807, 2.05) is 12.1 Å². The summed E-state index contributed by atoms with van der Waals surface area (Å²) >= 11 is 15.5. The summed E-state index contributed by atoms with van der Waals surface area (Å²) in [4.78, 5) is 0. The molecule has 0 unspecified atom stereocenters. The predicted octanol–water partition coefficient (Wildman–Crippen LogP) is 5.06. The molecular weight excluding hydrogens is 367 g/mol. The van der Waals surface area contributed by atoms with Crippen LogP contribution in [0.3, 0.4) is 0 Å². The van der Waals surface area contributed by atoms with Gasteiger partial charge < -0.3 is 14.2 Å². The zero-order chi connectivity index (χ0) is 14.1. The predicted molar refractivity (Wildman–Crippen MR) is 81.1 cm³/mol. The Morgan fingerprint density at radius 3 is 2.70 bits per heavy atom. The van der Waals surface area contributed by atoms with Gasteiger partial charge in [-0.15, -0.1) is 0 Å². The summed E-state index contributed by atoms with van der Waals surface area (Å²) in [6, 6.07) is 9.02. The molecule has 0 amide bonds. The fourth-order valence-corrected chi connectivity index (χ4v) is 2.60. The van der Waals surface area contributed by atoms with E-state index in [1.54, 1.807) is 18.2 Å². The third kappa shape index (κ3) is 2.68. The Morgan fingerprint density at radius 2 is 1.90 bits per heavy atom. The van der Waals surface area contributed by atoms with Gasteiger partial charge in [-0.3, -0.25) is 0 Å². The third-order valence-corrected chi connectivity index (χ3v) is 4.38. The van der Waals surface area contributed by atoms with Crippen LogP contribution in [0.25, 0.3) is 0 Å². The second-order valence-corrected chi connectivity index (χ2v) is 5.78. The van der Waals surface area contributed by atoms with Crippen LogP contribution >= 0.6 is 39.1 Å². The summed E-state index contributed by atoms with van der Waals surface area (Å²) in [6.07, 6.45) is 0. The maximum absolute atomic E-state index is 6.08. The van der Waals surface area contributed by atoms with Crippen molar-refractivity contribution >= 4 is 39.1 Å². The summed E-state index contributed by atoms with van der Waals surface area (Å²) in [5, 5.41) is 0.875. The first-order valence-electron chi connectivity index (χ1n) is 5.80. The van der Waals surface area contributed by atoms with E-state index in [4.69, 9.17) is 37.4 Å². The molecule has 0 fully saturated rings. The molecule has 6 heteroatoms. The number of benzene rings is 2. The van der Waals surface area contributed by atoms with E-state index in [0.717, 1.165) is 15.8 Å². The molecule has 0 saturated heterocycles. The maximum Gasteiger partial charge on any atom is 0.231 e. The molecule has 0 atom stereocenters. The van der Waals surface area contributed by atoms with E-state index in [1.165, 1.54) is 0 Å². The molecule has 2 aromatic carbocycles. The molecule has 3 nitrogen and oxygen atoms in total. The zero-order valence-electron chi connectivity index (χ0n) is 10.2. The Morgan fingerprint density at radius 1 is 1.15 bits per heavy atom. The van der Waals surface area contributed by atoms with Gasteiger partial charge in [0.05, 0.1) is 5.02 Å². The van der Waals surface area contributed by atoms with E-state index >= 15 is 0 Å². The SMILES string of the molecule is Clc1cccc(OCc2cc3c(cc2Br)OCO3)c1Cl. The van der Waals surface area contributed by atoms with Gasteiger partial charge in [0.1, 0.15) is 17.4 Å². The Kier molecular flexibility index (Phi) is 3.96. The molecule has 0 radical (unpaired) electrons. The molecular formula is C14H9BrCl2O3. The van der Waals surface area contributed by atoms with Crippen molar-refractivity contribution < 1.29 is 14.2 Å². The minimum Gasteiger partial charge on any atom is -0.487 e. The molecule has 20 heavy (non-hydrogen) atoms. The minimum atomic E-state index is 0.242.